The molecule has 2 aromatic rings. The highest BCUT2D eigenvalue weighted by atomic mass is 16.6. The average Bonchev–Trinajstić information content (AvgIpc) is 2.97. The lowest BCUT2D eigenvalue weighted by molar-refractivity contribution is -0.136. The van der Waals surface area contributed by atoms with Crippen LogP contribution in [0.2, 0.25) is 0 Å². The molecule has 9 heteroatoms. The van der Waals surface area contributed by atoms with Crippen molar-refractivity contribution < 1.29 is 29.0 Å². The van der Waals surface area contributed by atoms with E-state index in [0.717, 1.165) is 32.0 Å². The van der Waals surface area contributed by atoms with Gasteiger partial charge in [0, 0.05) is 18.0 Å². The minimum atomic E-state index is -1.08. The SMILES string of the molecule is NC(=O)/C1=C\C(=O)Oc2c(c3ccccc3n2CC2(O)CN3CCC2CC3)OC1=O. The van der Waals surface area contributed by atoms with Gasteiger partial charge in [0.05, 0.1) is 17.7 Å². The van der Waals surface area contributed by atoms with Gasteiger partial charge in [0.15, 0.2) is 0 Å². The van der Waals surface area contributed by atoms with E-state index in [-0.39, 0.29) is 24.1 Å². The number of nitrogens with two attached hydrogens (primary N) is 1. The van der Waals surface area contributed by atoms with Gasteiger partial charge in [0.2, 0.25) is 11.6 Å². The van der Waals surface area contributed by atoms with Crippen LogP contribution >= 0.6 is 0 Å². The predicted molar refractivity (Wildman–Crippen MR) is 105 cm³/mol. The lowest BCUT2D eigenvalue weighted by atomic mass is 9.75. The number of hydrogen-bond donors (Lipinski definition) is 2. The number of ether oxygens (including phenoxy) is 2. The summed E-state index contributed by atoms with van der Waals surface area (Å²) >= 11 is 0. The number of amides is 1. The topological polar surface area (TPSA) is 124 Å². The largest absolute Gasteiger partial charge is 0.416 e. The Morgan fingerprint density at radius 2 is 1.93 bits per heavy atom. The summed E-state index contributed by atoms with van der Waals surface area (Å²) in [6, 6.07) is 7.09. The van der Waals surface area contributed by atoms with Crippen LogP contribution in [-0.4, -0.2) is 57.7 Å². The average molecular weight is 411 g/mol. The van der Waals surface area contributed by atoms with Crippen LogP contribution in [0.4, 0.5) is 0 Å². The molecular weight excluding hydrogens is 390 g/mol. The van der Waals surface area contributed by atoms with Gasteiger partial charge in [-0.3, -0.25) is 4.79 Å². The first-order valence-corrected chi connectivity index (χ1v) is 9.87. The fourth-order valence-corrected chi connectivity index (χ4v) is 4.82. The molecule has 1 amide bonds. The number of esters is 2. The quantitative estimate of drug-likeness (QED) is 0.551. The summed E-state index contributed by atoms with van der Waals surface area (Å²) in [6.07, 6.45) is 2.54. The van der Waals surface area contributed by atoms with E-state index >= 15 is 0 Å². The number of piperidine rings is 3. The van der Waals surface area contributed by atoms with E-state index in [1.807, 2.05) is 6.07 Å². The van der Waals surface area contributed by atoms with Crippen LogP contribution in [-0.2, 0) is 20.9 Å². The van der Waals surface area contributed by atoms with Crippen molar-refractivity contribution in [3.63, 3.8) is 0 Å². The molecule has 0 spiro atoms. The fraction of sp³-hybridized carbons (Fsp3) is 0.381. The van der Waals surface area contributed by atoms with E-state index in [9.17, 15) is 19.5 Å². The van der Waals surface area contributed by atoms with Gasteiger partial charge in [-0.05, 0) is 44.0 Å². The summed E-state index contributed by atoms with van der Waals surface area (Å²) in [4.78, 5) is 38.6. The van der Waals surface area contributed by atoms with Crippen LogP contribution in [0.3, 0.4) is 0 Å². The Morgan fingerprint density at radius 3 is 2.60 bits per heavy atom. The molecule has 30 heavy (non-hydrogen) atoms. The maximum absolute atomic E-state index is 12.5. The first-order chi connectivity index (χ1) is 14.4. The van der Waals surface area contributed by atoms with Crippen molar-refractivity contribution in [2.75, 3.05) is 19.6 Å². The van der Waals surface area contributed by atoms with E-state index < -0.39 is 29.0 Å². The molecule has 6 rings (SSSR count). The van der Waals surface area contributed by atoms with E-state index in [1.54, 1.807) is 22.8 Å². The molecule has 2 bridgehead atoms. The second-order valence-electron chi connectivity index (χ2n) is 8.12. The number of carbonyl (C=O) groups is 3. The number of carbonyl (C=O) groups excluding carboxylic acids is 3. The summed E-state index contributed by atoms with van der Waals surface area (Å²) in [6.45, 7) is 2.63. The first-order valence-electron chi connectivity index (χ1n) is 9.87. The minimum absolute atomic E-state index is 0.0270. The number of nitrogens with zero attached hydrogens (tertiary/aromatic N) is 2. The molecule has 0 radical (unpaired) electrons. The number of aliphatic hydroxyl groups is 1. The molecule has 1 atom stereocenters. The van der Waals surface area contributed by atoms with Gasteiger partial charge in [-0.2, -0.15) is 0 Å². The van der Waals surface area contributed by atoms with Crippen LogP contribution < -0.4 is 15.2 Å². The number of benzene rings is 1. The van der Waals surface area contributed by atoms with Crippen LogP contribution in [0.1, 0.15) is 12.8 Å². The smallest absolute Gasteiger partial charge is 0.349 e. The molecule has 1 aromatic heterocycles. The maximum atomic E-state index is 12.5. The third kappa shape index (κ3) is 2.89. The number of fused-ring (bicyclic) bond motifs is 6. The van der Waals surface area contributed by atoms with Crippen molar-refractivity contribution in [2.45, 2.75) is 25.0 Å². The molecule has 3 N–H and O–H groups in total. The summed E-state index contributed by atoms with van der Waals surface area (Å²) in [5, 5.41) is 12.0. The number of rotatable bonds is 3. The highest BCUT2D eigenvalue weighted by Crippen LogP contribution is 2.44. The Labute approximate surface area is 171 Å². The monoisotopic (exact) mass is 411 g/mol. The predicted octanol–water partition coefficient (Wildman–Crippen LogP) is 0.334. The van der Waals surface area contributed by atoms with E-state index in [4.69, 9.17) is 15.2 Å². The molecule has 4 aliphatic rings. The maximum Gasteiger partial charge on any atom is 0.349 e. The van der Waals surface area contributed by atoms with Crippen LogP contribution in [0.25, 0.3) is 10.9 Å². The molecule has 156 valence electrons. The second-order valence-corrected chi connectivity index (χ2v) is 8.12. The summed E-state index contributed by atoms with van der Waals surface area (Å²) in [5.41, 5.74) is 4.26. The Morgan fingerprint density at radius 1 is 1.20 bits per heavy atom. The summed E-state index contributed by atoms with van der Waals surface area (Å²) in [7, 11) is 0. The van der Waals surface area contributed by atoms with Gasteiger partial charge in [0.1, 0.15) is 5.57 Å². The Bertz CT molecular complexity index is 1110. The molecule has 3 saturated heterocycles. The van der Waals surface area contributed by atoms with Gasteiger partial charge in [-0.1, -0.05) is 12.1 Å². The molecule has 9 nitrogen and oxygen atoms in total. The van der Waals surface area contributed by atoms with Gasteiger partial charge in [-0.25, -0.2) is 9.59 Å². The van der Waals surface area contributed by atoms with Gasteiger partial charge >= 0.3 is 11.9 Å². The normalized spacial score (nSPS) is 30.0. The number of aromatic nitrogens is 1. The van der Waals surface area contributed by atoms with Crippen molar-refractivity contribution in [3.8, 4) is 11.6 Å². The molecule has 0 saturated carbocycles. The molecule has 1 unspecified atom stereocenters. The lowest BCUT2D eigenvalue weighted by Gasteiger charge is -2.50. The van der Waals surface area contributed by atoms with Crippen molar-refractivity contribution in [2.24, 2.45) is 11.7 Å². The minimum Gasteiger partial charge on any atom is -0.416 e. The zero-order chi connectivity index (χ0) is 21.0. The standard InChI is InChI=1S/C21H21N3O6/c22-18(26)14-9-16(25)29-19-17(30-20(14)27)13-3-1-2-4-15(13)24(19)11-21(28)10-23-7-5-12(21)6-8-23/h1-4,9,12,28H,5-8,10-11H2,(H2,22,26)/b14-9+. The molecular formula is C21H21N3O6. The van der Waals surface area contributed by atoms with E-state index in [0.29, 0.717) is 17.4 Å². The summed E-state index contributed by atoms with van der Waals surface area (Å²) in [5.74, 6) is -2.82. The number of para-hydroxylation sites is 1. The molecule has 1 aromatic carbocycles. The third-order valence-corrected chi connectivity index (χ3v) is 6.30. The molecule has 0 aliphatic carbocycles. The van der Waals surface area contributed by atoms with Gasteiger partial charge in [0.25, 0.3) is 5.91 Å². The highest BCUT2D eigenvalue weighted by molar-refractivity contribution is 6.20. The molecule has 3 fully saturated rings. The summed E-state index contributed by atoms with van der Waals surface area (Å²) < 4.78 is 12.6. The van der Waals surface area contributed by atoms with Crippen molar-refractivity contribution in [1.82, 2.24) is 9.47 Å². The first kappa shape index (κ1) is 18.8. The molecule has 5 heterocycles. The van der Waals surface area contributed by atoms with E-state index in [2.05, 4.69) is 4.90 Å². The van der Waals surface area contributed by atoms with Crippen molar-refractivity contribution >= 4 is 28.7 Å². The third-order valence-electron chi connectivity index (χ3n) is 6.30. The Hall–Kier alpha value is -3.17. The second kappa shape index (κ2) is 6.68. The number of primary amides is 1. The highest BCUT2D eigenvalue weighted by Gasteiger charge is 2.46. The Kier molecular flexibility index (Phi) is 4.19. The fourth-order valence-electron chi connectivity index (χ4n) is 4.82. The van der Waals surface area contributed by atoms with Crippen molar-refractivity contribution in [3.05, 3.63) is 35.9 Å². The van der Waals surface area contributed by atoms with Crippen LogP contribution in [0.5, 0.6) is 11.6 Å². The van der Waals surface area contributed by atoms with Gasteiger partial charge < -0.3 is 29.8 Å². The zero-order valence-corrected chi connectivity index (χ0v) is 16.2. The lowest BCUT2D eigenvalue weighted by Crippen LogP contribution is -2.60. The van der Waals surface area contributed by atoms with Crippen molar-refractivity contribution in [1.29, 1.82) is 0 Å². The Balaban J connectivity index is 1.63. The molecule has 4 aliphatic heterocycles. The van der Waals surface area contributed by atoms with E-state index in [1.165, 1.54) is 0 Å². The van der Waals surface area contributed by atoms with Crippen LogP contribution in [0, 0.1) is 5.92 Å². The van der Waals surface area contributed by atoms with Gasteiger partial charge in [-0.15, -0.1) is 0 Å². The van der Waals surface area contributed by atoms with Crippen LogP contribution in [0.15, 0.2) is 35.9 Å². The number of hydrogen-bond acceptors (Lipinski definition) is 7. The zero-order valence-electron chi connectivity index (χ0n) is 16.2.